The molecule has 0 spiro atoms. The number of carbonyl (C=O) groups excluding carboxylic acids is 1. The fourth-order valence-corrected chi connectivity index (χ4v) is 6.11. The Balaban J connectivity index is 1.14. The van der Waals surface area contributed by atoms with Gasteiger partial charge in [-0.05, 0) is 47.7 Å². The summed E-state index contributed by atoms with van der Waals surface area (Å²) in [5, 5.41) is 1.60. The number of benzene rings is 3. The number of nitrogens with one attached hydrogen (secondary N) is 1. The van der Waals surface area contributed by atoms with Crippen molar-refractivity contribution in [2.45, 2.75) is 43.8 Å². The van der Waals surface area contributed by atoms with Gasteiger partial charge in [-0.15, -0.1) is 0 Å². The summed E-state index contributed by atoms with van der Waals surface area (Å²) < 4.78 is 46.1. The third-order valence-corrected chi connectivity index (χ3v) is 8.18. The molecule has 1 amide bonds. The van der Waals surface area contributed by atoms with Gasteiger partial charge < -0.3 is 4.74 Å². The number of carbonyl (C=O) groups is 1. The van der Waals surface area contributed by atoms with Crippen LogP contribution in [0.1, 0.15) is 22.3 Å². The molecule has 2 unspecified atom stereocenters. The zero-order valence-electron chi connectivity index (χ0n) is 22.2. The van der Waals surface area contributed by atoms with Crippen LogP contribution < -0.4 is 10.4 Å². The molecule has 2 saturated heterocycles. The normalized spacial score (nSPS) is 23.0. The summed E-state index contributed by atoms with van der Waals surface area (Å²) in [6.45, 7) is 3.82. The van der Waals surface area contributed by atoms with Crippen LogP contribution in [0.2, 0.25) is 0 Å². The van der Waals surface area contributed by atoms with Crippen molar-refractivity contribution < 1.29 is 22.7 Å². The molecule has 3 aromatic carbocycles. The molecular formula is C31H33F3N4O2. The minimum atomic E-state index is -4.35. The van der Waals surface area contributed by atoms with Crippen LogP contribution in [0.15, 0.2) is 78.9 Å². The van der Waals surface area contributed by atoms with Gasteiger partial charge in [0.15, 0.2) is 6.10 Å². The van der Waals surface area contributed by atoms with E-state index < -0.39 is 17.8 Å². The van der Waals surface area contributed by atoms with Crippen molar-refractivity contribution in [3.8, 4) is 0 Å². The van der Waals surface area contributed by atoms with E-state index in [0.717, 1.165) is 24.6 Å². The van der Waals surface area contributed by atoms with Crippen LogP contribution in [0.5, 0.6) is 0 Å². The first-order chi connectivity index (χ1) is 19.3. The van der Waals surface area contributed by atoms with Crippen LogP contribution in [0.25, 0.3) is 0 Å². The Morgan fingerprint density at radius 1 is 0.850 bits per heavy atom. The van der Waals surface area contributed by atoms with E-state index in [1.807, 2.05) is 42.5 Å². The lowest BCUT2D eigenvalue weighted by atomic mass is 10.0. The maximum absolute atomic E-state index is 13.9. The van der Waals surface area contributed by atoms with Crippen molar-refractivity contribution in [1.29, 1.82) is 0 Å². The summed E-state index contributed by atoms with van der Waals surface area (Å²) in [5.74, 6) is -0.107. The Morgan fingerprint density at radius 2 is 1.52 bits per heavy atom. The Hall–Kier alpha value is -3.24. The zero-order valence-corrected chi connectivity index (χ0v) is 22.2. The van der Waals surface area contributed by atoms with Gasteiger partial charge in [0.05, 0.1) is 23.4 Å². The zero-order chi connectivity index (χ0) is 27.7. The predicted molar refractivity (Wildman–Crippen MR) is 147 cm³/mol. The van der Waals surface area contributed by atoms with E-state index >= 15 is 0 Å². The van der Waals surface area contributed by atoms with E-state index in [2.05, 4.69) is 27.4 Å². The van der Waals surface area contributed by atoms with Gasteiger partial charge in [-0.1, -0.05) is 60.7 Å². The average molecular weight is 551 g/mol. The highest BCUT2D eigenvalue weighted by molar-refractivity contribution is 5.97. The number of fused-ring (bicyclic) bond motifs is 1. The molecule has 2 fully saturated rings. The molecule has 1 N–H and O–H groups in total. The molecule has 2 atom stereocenters. The topological polar surface area (TPSA) is 48.1 Å². The number of hydrogen-bond acceptors (Lipinski definition) is 5. The van der Waals surface area contributed by atoms with E-state index in [1.54, 1.807) is 11.1 Å². The second-order valence-corrected chi connectivity index (χ2v) is 10.8. The molecule has 40 heavy (non-hydrogen) atoms. The number of nitrogens with zero attached hydrogens (tertiary/aromatic N) is 3. The molecule has 2 heterocycles. The van der Waals surface area contributed by atoms with Crippen LogP contribution in [-0.4, -0.2) is 66.7 Å². The maximum Gasteiger partial charge on any atom is 0.416 e. The van der Waals surface area contributed by atoms with Gasteiger partial charge in [0, 0.05) is 39.3 Å². The molecule has 6 nitrogen and oxygen atoms in total. The summed E-state index contributed by atoms with van der Waals surface area (Å²) in [4.78, 5) is 18.3. The van der Waals surface area contributed by atoms with Crippen LogP contribution >= 0.6 is 0 Å². The van der Waals surface area contributed by atoms with Crippen molar-refractivity contribution in [1.82, 2.24) is 15.2 Å². The number of hydrogen-bond donors (Lipinski definition) is 1. The summed E-state index contributed by atoms with van der Waals surface area (Å²) in [6, 6.07) is 23.3. The van der Waals surface area contributed by atoms with Gasteiger partial charge in [0.2, 0.25) is 0 Å². The van der Waals surface area contributed by atoms with Crippen LogP contribution in [-0.2, 0) is 35.1 Å². The first kappa shape index (κ1) is 27.0. The summed E-state index contributed by atoms with van der Waals surface area (Å²) >= 11 is 0. The van der Waals surface area contributed by atoms with Gasteiger partial charge in [0.25, 0.3) is 5.91 Å². The molecule has 210 valence electrons. The van der Waals surface area contributed by atoms with Crippen molar-refractivity contribution in [3.63, 3.8) is 0 Å². The monoisotopic (exact) mass is 550 g/mol. The second kappa shape index (κ2) is 11.3. The van der Waals surface area contributed by atoms with E-state index in [-0.39, 0.29) is 18.1 Å². The predicted octanol–water partition coefficient (Wildman–Crippen LogP) is 4.30. The summed E-state index contributed by atoms with van der Waals surface area (Å²) in [5.41, 5.74) is 6.67. The van der Waals surface area contributed by atoms with Gasteiger partial charge in [-0.2, -0.15) is 13.2 Å². The molecular weight excluding hydrogens is 517 g/mol. The molecule has 3 aromatic rings. The number of halogens is 3. The van der Waals surface area contributed by atoms with Crippen molar-refractivity contribution in [3.05, 3.63) is 101 Å². The third kappa shape index (κ3) is 5.78. The molecule has 1 aliphatic carbocycles. The van der Waals surface area contributed by atoms with E-state index in [4.69, 9.17) is 4.74 Å². The van der Waals surface area contributed by atoms with E-state index in [1.165, 1.54) is 23.3 Å². The Kier molecular flexibility index (Phi) is 7.63. The quantitative estimate of drug-likeness (QED) is 0.496. The van der Waals surface area contributed by atoms with Crippen molar-refractivity contribution in [2.24, 2.45) is 0 Å². The second-order valence-electron chi connectivity index (χ2n) is 10.8. The van der Waals surface area contributed by atoms with E-state index in [0.29, 0.717) is 44.8 Å². The molecule has 0 radical (unpaired) electrons. The third-order valence-electron chi connectivity index (χ3n) is 8.18. The standard InChI is InChI=1S/C31H33F3N4O2/c32-31(33,34)25-10-6-7-22(17-25)21-36-13-15-37(16-14-36)28-20-35-38(26-11-2-1-3-12-26)30(39)29(28)40-27-18-23-8-4-5-9-24(23)19-27/h1-12,17,27-29,35H,13-16,18-21H2. The number of hydrazine groups is 1. The minimum Gasteiger partial charge on any atom is -0.363 e. The molecule has 0 aromatic heterocycles. The number of amides is 1. The minimum absolute atomic E-state index is 0.0632. The van der Waals surface area contributed by atoms with Crippen LogP contribution in [0.3, 0.4) is 0 Å². The van der Waals surface area contributed by atoms with Crippen molar-refractivity contribution >= 4 is 11.6 Å². The van der Waals surface area contributed by atoms with Crippen molar-refractivity contribution in [2.75, 3.05) is 37.7 Å². The highest BCUT2D eigenvalue weighted by Gasteiger charge is 2.43. The Morgan fingerprint density at radius 3 is 2.20 bits per heavy atom. The van der Waals surface area contributed by atoms with Crippen LogP contribution in [0, 0.1) is 0 Å². The molecule has 3 aliphatic rings. The SMILES string of the molecule is O=C1C(OC2Cc3ccccc3C2)C(N2CCN(Cc3cccc(C(F)(F)F)c3)CC2)CNN1c1ccccc1. The Labute approximate surface area is 232 Å². The number of alkyl halides is 3. The summed E-state index contributed by atoms with van der Waals surface area (Å²) in [6.07, 6.45) is -3.46. The number of anilines is 1. The molecule has 6 rings (SSSR count). The van der Waals surface area contributed by atoms with Gasteiger partial charge in [-0.25, -0.2) is 10.4 Å². The summed E-state index contributed by atoms with van der Waals surface area (Å²) in [7, 11) is 0. The molecule has 2 aliphatic heterocycles. The van der Waals surface area contributed by atoms with Gasteiger partial charge in [-0.3, -0.25) is 14.6 Å². The first-order valence-corrected chi connectivity index (χ1v) is 13.8. The number of piperazine rings is 1. The molecule has 9 heteroatoms. The highest BCUT2D eigenvalue weighted by Crippen LogP contribution is 2.31. The van der Waals surface area contributed by atoms with Gasteiger partial charge >= 0.3 is 6.18 Å². The first-order valence-electron chi connectivity index (χ1n) is 13.8. The average Bonchev–Trinajstić information content (AvgIpc) is 3.37. The number of ether oxygens (including phenoxy) is 1. The smallest absolute Gasteiger partial charge is 0.363 e. The number of para-hydroxylation sites is 1. The maximum atomic E-state index is 13.9. The largest absolute Gasteiger partial charge is 0.416 e. The molecule has 0 bridgehead atoms. The number of rotatable bonds is 6. The lowest BCUT2D eigenvalue weighted by Gasteiger charge is -2.46. The highest BCUT2D eigenvalue weighted by atomic mass is 19.4. The Bertz CT molecular complexity index is 1300. The van der Waals surface area contributed by atoms with Gasteiger partial charge in [0.1, 0.15) is 0 Å². The fraction of sp³-hybridized carbons (Fsp3) is 0.387. The fourth-order valence-electron chi connectivity index (χ4n) is 6.11. The lowest BCUT2D eigenvalue weighted by Crippen LogP contribution is -2.68. The van der Waals surface area contributed by atoms with E-state index in [9.17, 15) is 18.0 Å². The van der Waals surface area contributed by atoms with Crippen LogP contribution in [0.4, 0.5) is 18.9 Å². The lowest BCUT2D eigenvalue weighted by molar-refractivity contribution is -0.145. The molecule has 0 saturated carbocycles.